The summed E-state index contributed by atoms with van der Waals surface area (Å²) in [7, 11) is 1.88. The van der Waals surface area contributed by atoms with Gasteiger partial charge in [-0.25, -0.2) is 4.39 Å². The van der Waals surface area contributed by atoms with Gasteiger partial charge in [-0.1, -0.05) is 25.1 Å². The Morgan fingerprint density at radius 1 is 1.15 bits per heavy atom. The molecule has 0 N–H and O–H groups in total. The predicted octanol–water partition coefficient (Wildman–Crippen LogP) is 3.75. The standard InChI is InChI=1S/C21H19FN2O3/c1-3-18-16(14-6-4-5-7-19(14)27-18)11-23(2)12-24-17-9-8-13(22)10-15(17)20(25)21(24)26/h4-10H,3,11-12H2,1-2H3. The molecule has 3 aromatic rings. The third kappa shape index (κ3) is 2.92. The third-order valence-electron chi connectivity index (χ3n) is 4.85. The van der Waals surface area contributed by atoms with Gasteiger partial charge >= 0.3 is 5.91 Å². The molecule has 0 atom stereocenters. The van der Waals surface area contributed by atoms with E-state index in [0.29, 0.717) is 12.2 Å². The van der Waals surface area contributed by atoms with E-state index in [1.165, 1.54) is 17.0 Å². The molecule has 1 aliphatic heterocycles. The topological polar surface area (TPSA) is 53.8 Å². The first kappa shape index (κ1) is 17.4. The molecule has 2 heterocycles. The van der Waals surface area contributed by atoms with Crippen LogP contribution in [-0.4, -0.2) is 30.3 Å². The number of hydrogen-bond acceptors (Lipinski definition) is 4. The summed E-state index contributed by atoms with van der Waals surface area (Å²) >= 11 is 0. The van der Waals surface area contributed by atoms with E-state index >= 15 is 0 Å². The molecule has 1 amide bonds. The van der Waals surface area contributed by atoms with Crippen molar-refractivity contribution in [2.24, 2.45) is 0 Å². The number of carbonyl (C=O) groups excluding carboxylic acids is 2. The fourth-order valence-corrected chi connectivity index (χ4v) is 3.58. The number of benzene rings is 2. The second-order valence-electron chi connectivity index (χ2n) is 6.73. The van der Waals surface area contributed by atoms with E-state index in [0.717, 1.165) is 34.8 Å². The van der Waals surface area contributed by atoms with Crippen LogP contribution >= 0.6 is 0 Å². The molecule has 4 rings (SSSR count). The Labute approximate surface area is 156 Å². The number of fused-ring (bicyclic) bond motifs is 2. The Balaban J connectivity index is 1.60. The average molecular weight is 366 g/mol. The summed E-state index contributed by atoms with van der Waals surface area (Å²) in [4.78, 5) is 27.8. The van der Waals surface area contributed by atoms with Crippen molar-refractivity contribution in [1.82, 2.24) is 4.90 Å². The van der Waals surface area contributed by atoms with Crippen LogP contribution < -0.4 is 4.90 Å². The van der Waals surface area contributed by atoms with Gasteiger partial charge in [0.15, 0.2) is 0 Å². The van der Waals surface area contributed by atoms with Crippen LogP contribution in [0.2, 0.25) is 0 Å². The lowest BCUT2D eigenvalue weighted by Crippen LogP contribution is -2.39. The number of furan rings is 1. The van der Waals surface area contributed by atoms with Gasteiger partial charge in [0.1, 0.15) is 17.2 Å². The number of amides is 1. The van der Waals surface area contributed by atoms with Crippen molar-refractivity contribution in [3.63, 3.8) is 0 Å². The Hall–Kier alpha value is -2.99. The van der Waals surface area contributed by atoms with Gasteiger partial charge in [-0.3, -0.25) is 19.4 Å². The lowest BCUT2D eigenvalue weighted by molar-refractivity contribution is -0.114. The first-order chi connectivity index (χ1) is 13.0. The molecular formula is C21H19FN2O3. The second-order valence-corrected chi connectivity index (χ2v) is 6.73. The molecule has 0 unspecified atom stereocenters. The molecular weight excluding hydrogens is 347 g/mol. The van der Waals surface area contributed by atoms with E-state index in [2.05, 4.69) is 0 Å². The molecule has 0 aliphatic carbocycles. The summed E-state index contributed by atoms with van der Waals surface area (Å²) in [6.07, 6.45) is 0.765. The summed E-state index contributed by atoms with van der Waals surface area (Å²) in [5.74, 6) is -0.909. The smallest absolute Gasteiger partial charge is 0.300 e. The van der Waals surface area contributed by atoms with Crippen LogP contribution in [0.3, 0.4) is 0 Å². The highest BCUT2D eigenvalue weighted by molar-refractivity contribution is 6.52. The highest BCUT2D eigenvalue weighted by Crippen LogP contribution is 2.31. The molecule has 0 saturated carbocycles. The molecule has 1 aromatic heterocycles. The summed E-state index contributed by atoms with van der Waals surface area (Å²) in [6, 6.07) is 11.7. The minimum absolute atomic E-state index is 0.122. The number of aryl methyl sites for hydroxylation is 1. The number of halogens is 1. The van der Waals surface area contributed by atoms with Crippen molar-refractivity contribution in [3.8, 4) is 0 Å². The third-order valence-corrected chi connectivity index (χ3v) is 4.85. The van der Waals surface area contributed by atoms with Gasteiger partial charge in [-0.15, -0.1) is 0 Å². The summed E-state index contributed by atoms with van der Waals surface area (Å²) in [5, 5.41) is 1.05. The lowest BCUT2D eigenvalue weighted by Gasteiger charge is -2.24. The maximum atomic E-state index is 13.4. The molecule has 0 saturated heterocycles. The number of rotatable bonds is 5. The van der Waals surface area contributed by atoms with E-state index in [4.69, 9.17) is 4.42 Å². The highest BCUT2D eigenvalue weighted by Gasteiger charge is 2.36. The van der Waals surface area contributed by atoms with Crippen molar-refractivity contribution in [1.29, 1.82) is 0 Å². The van der Waals surface area contributed by atoms with Crippen LogP contribution in [-0.2, 0) is 17.8 Å². The molecule has 138 valence electrons. The zero-order valence-corrected chi connectivity index (χ0v) is 15.2. The van der Waals surface area contributed by atoms with Crippen LogP contribution in [0.25, 0.3) is 11.0 Å². The fourth-order valence-electron chi connectivity index (χ4n) is 3.58. The molecule has 27 heavy (non-hydrogen) atoms. The Morgan fingerprint density at radius 2 is 1.93 bits per heavy atom. The predicted molar refractivity (Wildman–Crippen MR) is 100 cm³/mol. The number of hydrogen-bond donors (Lipinski definition) is 0. The number of anilines is 1. The zero-order valence-electron chi connectivity index (χ0n) is 15.2. The molecule has 2 aromatic carbocycles. The molecule has 1 aliphatic rings. The summed E-state index contributed by atoms with van der Waals surface area (Å²) in [5.41, 5.74) is 2.49. The van der Waals surface area contributed by atoms with E-state index in [1.807, 2.05) is 43.1 Å². The average Bonchev–Trinajstić information content (AvgIpc) is 3.12. The molecule has 6 heteroatoms. The number of nitrogens with zero attached hydrogens (tertiary/aromatic N) is 2. The van der Waals surface area contributed by atoms with Gasteiger partial charge in [0.25, 0.3) is 5.78 Å². The maximum Gasteiger partial charge on any atom is 0.300 e. The molecule has 5 nitrogen and oxygen atoms in total. The van der Waals surface area contributed by atoms with Gasteiger partial charge in [-0.05, 0) is 31.3 Å². The summed E-state index contributed by atoms with van der Waals surface area (Å²) in [6.45, 7) is 2.83. The van der Waals surface area contributed by atoms with Gasteiger partial charge in [0.2, 0.25) is 0 Å². The summed E-state index contributed by atoms with van der Waals surface area (Å²) < 4.78 is 19.4. The SMILES string of the molecule is CCc1oc2ccccc2c1CN(C)CN1C(=O)C(=O)c2cc(F)ccc21. The first-order valence-corrected chi connectivity index (χ1v) is 8.83. The minimum atomic E-state index is -0.666. The minimum Gasteiger partial charge on any atom is -0.461 e. The van der Waals surface area contributed by atoms with Crippen LogP contribution in [0.1, 0.15) is 28.6 Å². The lowest BCUT2D eigenvalue weighted by atomic mass is 10.1. The highest BCUT2D eigenvalue weighted by atomic mass is 19.1. The Kier molecular flexibility index (Phi) is 4.28. The van der Waals surface area contributed by atoms with E-state index in [9.17, 15) is 14.0 Å². The van der Waals surface area contributed by atoms with Gasteiger partial charge < -0.3 is 4.42 Å². The quantitative estimate of drug-likeness (QED) is 0.646. The van der Waals surface area contributed by atoms with Crippen molar-refractivity contribution >= 4 is 28.3 Å². The largest absolute Gasteiger partial charge is 0.461 e. The van der Waals surface area contributed by atoms with Crippen molar-refractivity contribution in [3.05, 3.63) is 65.2 Å². The Morgan fingerprint density at radius 3 is 2.70 bits per heavy atom. The van der Waals surface area contributed by atoms with Crippen molar-refractivity contribution < 1.29 is 18.4 Å². The van der Waals surface area contributed by atoms with E-state index in [-0.39, 0.29) is 12.2 Å². The fraction of sp³-hybridized carbons (Fsp3) is 0.238. The normalized spacial score (nSPS) is 13.9. The van der Waals surface area contributed by atoms with Crippen molar-refractivity contribution in [2.45, 2.75) is 19.9 Å². The molecule has 0 bridgehead atoms. The number of carbonyl (C=O) groups is 2. The van der Waals surface area contributed by atoms with Crippen LogP contribution in [0, 0.1) is 5.82 Å². The van der Waals surface area contributed by atoms with Crippen LogP contribution in [0.15, 0.2) is 46.9 Å². The van der Waals surface area contributed by atoms with E-state index < -0.39 is 17.5 Å². The Bertz CT molecular complexity index is 1060. The second kappa shape index (κ2) is 6.63. The molecule has 0 spiro atoms. The van der Waals surface area contributed by atoms with Gasteiger partial charge in [-0.2, -0.15) is 0 Å². The number of ketones is 1. The zero-order chi connectivity index (χ0) is 19.1. The van der Waals surface area contributed by atoms with Gasteiger partial charge in [0.05, 0.1) is 17.9 Å². The maximum absolute atomic E-state index is 13.4. The molecule has 0 radical (unpaired) electrons. The van der Waals surface area contributed by atoms with Gasteiger partial charge in [0, 0.05) is 23.9 Å². The van der Waals surface area contributed by atoms with Crippen LogP contribution in [0.5, 0.6) is 0 Å². The van der Waals surface area contributed by atoms with Crippen molar-refractivity contribution in [2.75, 3.05) is 18.6 Å². The first-order valence-electron chi connectivity index (χ1n) is 8.83. The number of Topliss-reactive ketones (excluding diaryl/α,β-unsaturated/α-hetero) is 1. The van der Waals surface area contributed by atoms with Crippen LogP contribution in [0.4, 0.5) is 10.1 Å². The molecule has 0 fully saturated rings. The number of para-hydroxylation sites is 1. The van der Waals surface area contributed by atoms with E-state index in [1.54, 1.807) is 0 Å². The monoisotopic (exact) mass is 366 g/mol.